The summed E-state index contributed by atoms with van der Waals surface area (Å²) in [6.07, 6.45) is -0.00539. The molecule has 0 aromatic rings. The van der Waals surface area contributed by atoms with Crippen LogP contribution in [-0.2, 0) is 22.9 Å². The summed E-state index contributed by atoms with van der Waals surface area (Å²) in [5, 5.41) is 0. The van der Waals surface area contributed by atoms with E-state index in [9.17, 15) is 4.57 Å². The number of rotatable bonds is 7. The third-order valence-corrected chi connectivity index (χ3v) is 2.03. The minimum Gasteiger partial charge on any atom is -0.413 e. The van der Waals surface area contributed by atoms with Gasteiger partial charge in [0.1, 0.15) is 0 Å². The monoisotopic (exact) mass is 303 g/mol. The van der Waals surface area contributed by atoms with Crippen LogP contribution in [0, 0.1) is 0 Å². The minimum atomic E-state index is -4.08. The van der Waals surface area contributed by atoms with Gasteiger partial charge in [-0.05, 0) is 13.8 Å². The first-order valence-corrected chi connectivity index (χ1v) is 7.18. The zero-order valence-corrected chi connectivity index (χ0v) is 11.8. The van der Waals surface area contributed by atoms with E-state index in [0.717, 1.165) is 11.8 Å². The second-order valence-electron chi connectivity index (χ2n) is 2.93. The van der Waals surface area contributed by atoms with Crippen LogP contribution in [0.1, 0.15) is 13.8 Å². The number of hydrogen-bond donors (Lipinski definition) is 3. The highest BCUT2D eigenvalue weighted by Crippen LogP contribution is 2.44. The average Bonchev–Trinajstić information content (AvgIpc) is 2.12. The van der Waals surface area contributed by atoms with Gasteiger partial charge < -0.3 is 9.26 Å². The molecule has 0 aromatic heterocycles. The first kappa shape index (κ1) is 19.7. The molecular formula is C8H17O8P2+. The number of ether oxygens (including phenoxy) is 1. The molecule has 0 spiro atoms. The van der Waals surface area contributed by atoms with Crippen LogP contribution in [0.25, 0.3) is 0 Å². The normalized spacial score (nSPS) is 14.5. The zero-order chi connectivity index (χ0) is 14.8. The molecule has 0 rings (SSSR count). The van der Waals surface area contributed by atoms with E-state index < -0.39 is 22.4 Å². The van der Waals surface area contributed by atoms with Gasteiger partial charge in [-0.2, -0.15) is 0 Å². The molecule has 10 heteroatoms. The van der Waals surface area contributed by atoms with Gasteiger partial charge in [-0.3, -0.25) is 4.89 Å². The summed E-state index contributed by atoms with van der Waals surface area (Å²) in [6.45, 7) is 10.3. The Hall–Kier alpha value is -0.590. The Balaban J connectivity index is 0. The first-order chi connectivity index (χ1) is 8.10. The SMILES string of the molecule is C=COP(=O)(O)OC(C)OCC(=C)C.O=[P+](O)O. The molecule has 0 aliphatic rings. The Morgan fingerprint density at radius 3 is 2.33 bits per heavy atom. The summed E-state index contributed by atoms with van der Waals surface area (Å²) < 4.78 is 33.6. The smallest absolute Gasteiger partial charge is 0.413 e. The topological polar surface area (TPSA) is 123 Å². The van der Waals surface area contributed by atoms with Crippen molar-refractivity contribution in [2.45, 2.75) is 20.1 Å². The van der Waals surface area contributed by atoms with Crippen LogP contribution in [-0.4, -0.2) is 27.6 Å². The van der Waals surface area contributed by atoms with Crippen molar-refractivity contribution in [3.05, 3.63) is 25.0 Å². The lowest BCUT2D eigenvalue weighted by Crippen LogP contribution is -2.12. The third kappa shape index (κ3) is 17.8. The fourth-order valence-corrected chi connectivity index (χ4v) is 1.27. The highest BCUT2D eigenvalue weighted by molar-refractivity contribution is 7.47. The largest absolute Gasteiger partial charge is 0.692 e. The molecular weight excluding hydrogens is 286 g/mol. The molecule has 0 aliphatic carbocycles. The van der Waals surface area contributed by atoms with Gasteiger partial charge in [0, 0.05) is 4.57 Å². The molecule has 2 unspecified atom stereocenters. The Kier molecular flexibility index (Phi) is 11.3. The lowest BCUT2D eigenvalue weighted by atomic mass is 10.4. The third-order valence-electron chi connectivity index (χ3n) is 1.05. The molecule has 2 atom stereocenters. The summed E-state index contributed by atoms with van der Waals surface area (Å²) >= 11 is 0. The second-order valence-corrected chi connectivity index (χ2v) is 4.80. The van der Waals surface area contributed by atoms with Gasteiger partial charge >= 0.3 is 16.1 Å². The number of hydrogen-bond acceptors (Lipinski definition) is 5. The van der Waals surface area contributed by atoms with Crippen molar-refractivity contribution in [1.82, 2.24) is 0 Å². The summed E-state index contributed by atoms with van der Waals surface area (Å²) in [4.78, 5) is 23.2. The number of phosphoric acid groups is 1. The van der Waals surface area contributed by atoms with Crippen molar-refractivity contribution in [2.75, 3.05) is 6.61 Å². The van der Waals surface area contributed by atoms with Crippen molar-refractivity contribution in [2.24, 2.45) is 0 Å². The minimum absolute atomic E-state index is 0.259. The predicted octanol–water partition coefficient (Wildman–Crippen LogP) is 1.83. The molecule has 0 amide bonds. The fourth-order valence-electron chi connectivity index (χ4n) is 0.597. The van der Waals surface area contributed by atoms with E-state index in [1.807, 2.05) is 0 Å². The van der Waals surface area contributed by atoms with Crippen molar-refractivity contribution in [1.29, 1.82) is 0 Å². The van der Waals surface area contributed by atoms with E-state index in [2.05, 4.69) is 22.2 Å². The van der Waals surface area contributed by atoms with Crippen LogP contribution in [0.5, 0.6) is 0 Å². The molecule has 0 bridgehead atoms. The van der Waals surface area contributed by atoms with Crippen molar-refractivity contribution < 1.29 is 37.6 Å². The van der Waals surface area contributed by atoms with E-state index in [1.54, 1.807) is 6.92 Å². The highest BCUT2D eigenvalue weighted by atomic mass is 31.2. The molecule has 0 heterocycles. The van der Waals surface area contributed by atoms with E-state index >= 15 is 0 Å². The zero-order valence-electron chi connectivity index (χ0n) is 10.1. The molecule has 8 nitrogen and oxygen atoms in total. The Labute approximate surface area is 106 Å². The highest BCUT2D eigenvalue weighted by Gasteiger charge is 2.24. The Bertz CT molecular complexity index is 325. The number of phosphoric ester groups is 1. The standard InChI is InChI=1S/C8H15O5P.HO3P/c1-5-12-14(9,10)13-8(4)11-6-7(2)3;1-4(2)3/h5,8H,1-2,6H2,3-4H3,(H,9,10);(H-,1,2,3)/p+1. The maximum absolute atomic E-state index is 11.0. The van der Waals surface area contributed by atoms with Crippen molar-refractivity contribution in [3.8, 4) is 0 Å². The quantitative estimate of drug-likeness (QED) is 0.282. The van der Waals surface area contributed by atoms with E-state index in [0.29, 0.717) is 0 Å². The van der Waals surface area contributed by atoms with Crippen LogP contribution in [0.4, 0.5) is 0 Å². The molecule has 0 saturated heterocycles. The van der Waals surface area contributed by atoms with Crippen molar-refractivity contribution >= 4 is 16.1 Å². The maximum atomic E-state index is 11.0. The van der Waals surface area contributed by atoms with Gasteiger partial charge in [0.15, 0.2) is 6.29 Å². The molecule has 3 N–H and O–H groups in total. The molecule has 0 aliphatic heterocycles. The Morgan fingerprint density at radius 1 is 1.56 bits per heavy atom. The predicted molar refractivity (Wildman–Crippen MR) is 64.5 cm³/mol. The average molecular weight is 303 g/mol. The lowest BCUT2D eigenvalue weighted by Gasteiger charge is -2.16. The van der Waals surface area contributed by atoms with E-state index in [4.69, 9.17) is 24.0 Å². The van der Waals surface area contributed by atoms with Crippen LogP contribution >= 0.6 is 16.1 Å². The van der Waals surface area contributed by atoms with Crippen LogP contribution in [0.3, 0.4) is 0 Å². The van der Waals surface area contributed by atoms with Crippen LogP contribution < -0.4 is 0 Å². The van der Waals surface area contributed by atoms with Crippen molar-refractivity contribution in [3.63, 3.8) is 0 Å². The molecule has 0 aromatic carbocycles. The lowest BCUT2D eigenvalue weighted by molar-refractivity contribution is -0.0715. The van der Waals surface area contributed by atoms with Crippen LogP contribution in [0.15, 0.2) is 25.0 Å². The molecule has 0 saturated carbocycles. The maximum Gasteiger partial charge on any atom is 0.692 e. The van der Waals surface area contributed by atoms with Crippen LogP contribution in [0.2, 0.25) is 0 Å². The Morgan fingerprint density at radius 2 is 2.00 bits per heavy atom. The summed E-state index contributed by atoms with van der Waals surface area (Å²) in [7, 11) is -6.95. The summed E-state index contributed by atoms with van der Waals surface area (Å²) in [5.74, 6) is 0. The second kappa shape index (κ2) is 10.3. The van der Waals surface area contributed by atoms with Gasteiger partial charge in [0.2, 0.25) is 0 Å². The fraction of sp³-hybridized carbons (Fsp3) is 0.500. The van der Waals surface area contributed by atoms with Gasteiger partial charge in [-0.1, -0.05) is 18.7 Å². The molecule has 0 radical (unpaired) electrons. The van der Waals surface area contributed by atoms with Gasteiger partial charge in [-0.15, -0.1) is 9.79 Å². The molecule has 106 valence electrons. The first-order valence-electron chi connectivity index (χ1n) is 4.52. The molecule has 0 fully saturated rings. The summed E-state index contributed by atoms with van der Waals surface area (Å²) in [5.41, 5.74) is 0.790. The summed E-state index contributed by atoms with van der Waals surface area (Å²) in [6, 6.07) is 0. The van der Waals surface area contributed by atoms with E-state index in [1.165, 1.54) is 6.92 Å². The van der Waals surface area contributed by atoms with Gasteiger partial charge in [-0.25, -0.2) is 9.09 Å². The van der Waals surface area contributed by atoms with Gasteiger partial charge in [0.05, 0.1) is 12.9 Å². The van der Waals surface area contributed by atoms with Gasteiger partial charge in [0.25, 0.3) is 0 Å². The molecule has 18 heavy (non-hydrogen) atoms. The van der Waals surface area contributed by atoms with E-state index in [-0.39, 0.29) is 6.61 Å².